The summed E-state index contributed by atoms with van der Waals surface area (Å²) in [6.07, 6.45) is 1.33. The first-order valence-corrected chi connectivity index (χ1v) is 5.12. The summed E-state index contributed by atoms with van der Waals surface area (Å²) < 4.78 is 1.39. The van der Waals surface area contributed by atoms with Crippen molar-refractivity contribution in [3.05, 3.63) is 11.9 Å². The third-order valence-electron chi connectivity index (χ3n) is 2.12. The topological polar surface area (TPSA) is 121 Å². The summed E-state index contributed by atoms with van der Waals surface area (Å²) in [5, 5.41) is 36.9. The normalized spacial score (nSPS) is 14.5. The first-order valence-electron chi connectivity index (χ1n) is 5.12. The van der Waals surface area contributed by atoms with Gasteiger partial charge >= 0.3 is 5.97 Å². The molecule has 1 atom stereocenters. The van der Waals surface area contributed by atoms with E-state index in [1.54, 1.807) is 0 Å². The van der Waals surface area contributed by atoms with Crippen molar-refractivity contribution < 1.29 is 20.1 Å². The molecule has 1 unspecified atom stereocenters. The van der Waals surface area contributed by atoms with Gasteiger partial charge in [-0.2, -0.15) is 0 Å². The zero-order valence-electron chi connectivity index (χ0n) is 9.50. The molecule has 0 aromatic carbocycles. The Morgan fingerprint density at radius 1 is 1.65 bits per heavy atom. The molecule has 17 heavy (non-hydrogen) atoms. The number of hydrogen-bond acceptors (Lipinski definition) is 6. The molecule has 96 valence electrons. The predicted molar refractivity (Wildman–Crippen MR) is 57.6 cm³/mol. The molecule has 0 radical (unpaired) electrons. The van der Waals surface area contributed by atoms with E-state index in [1.165, 1.54) is 17.8 Å². The highest BCUT2D eigenvalue weighted by Crippen LogP contribution is 1.98. The summed E-state index contributed by atoms with van der Waals surface area (Å²) in [4.78, 5) is 10.5. The van der Waals surface area contributed by atoms with Gasteiger partial charge in [-0.3, -0.25) is 4.68 Å². The van der Waals surface area contributed by atoms with E-state index < -0.39 is 11.6 Å². The van der Waals surface area contributed by atoms with Gasteiger partial charge in [0, 0.05) is 13.1 Å². The minimum absolute atomic E-state index is 0.104. The first-order chi connectivity index (χ1) is 7.94. The van der Waals surface area contributed by atoms with Gasteiger partial charge in [-0.25, -0.2) is 4.79 Å². The second kappa shape index (κ2) is 5.71. The molecule has 0 aliphatic rings. The molecule has 0 aliphatic carbocycles. The van der Waals surface area contributed by atoms with Gasteiger partial charge in [0.1, 0.15) is 0 Å². The zero-order chi connectivity index (χ0) is 12.9. The number of carbonyl (C=O) groups is 1. The lowest BCUT2D eigenvalue weighted by Gasteiger charge is -2.20. The second-order valence-electron chi connectivity index (χ2n) is 4.00. The fraction of sp³-hybridized carbons (Fsp3) is 0.667. The van der Waals surface area contributed by atoms with Gasteiger partial charge in [0.25, 0.3) is 0 Å². The molecule has 1 aromatic heterocycles. The quantitative estimate of drug-likeness (QED) is 0.422. The molecule has 0 bridgehead atoms. The minimum atomic E-state index is -1.16. The summed E-state index contributed by atoms with van der Waals surface area (Å²) >= 11 is 0. The second-order valence-corrected chi connectivity index (χ2v) is 4.00. The summed E-state index contributed by atoms with van der Waals surface area (Å²) in [6.45, 7) is 2.34. The van der Waals surface area contributed by atoms with E-state index >= 15 is 0 Å². The number of aromatic carboxylic acids is 1. The van der Waals surface area contributed by atoms with Crippen molar-refractivity contribution in [3.63, 3.8) is 0 Å². The van der Waals surface area contributed by atoms with Crippen molar-refractivity contribution >= 4 is 5.97 Å². The molecule has 0 saturated heterocycles. The Hall–Kier alpha value is -1.51. The third kappa shape index (κ3) is 4.47. The summed E-state index contributed by atoms with van der Waals surface area (Å²) in [7, 11) is 0. The Kier molecular flexibility index (Phi) is 4.55. The number of aliphatic hydroxyl groups is 2. The molecule has 0 saturated carbocycles. The minimum Gasteiger partial charge on any atom is -0.476 e. The molecule has 0 spiro atoms. The van der Waals surface area contributed by atoms with Crippen LogP contribution >= 0.6 is 0 Å². The van der Waals surface area contributed by atoms with Gasteiger partial charge in [0.2, 0.25) is 0 Å². The van der Waals surface area contributed by atoms with Crippen molar-refractivity contribution in [2.75, 3.05) is 19.7 Å². The van der Waals surface area contributed by atoms with Crippen LogP contribution in [0, 0.1) is 0 Å². The van der Waals surface area contributed by atoms with E-state index in [-0.39, 0.29) is 18.8 Å². The Balaban J connectivity index is 2.29. The monoisotopic (exact) mass is 244 g/mol. The van der Waals surface area contributed by atoms with Crippen LogP contribution in [0.25, 0.3) is 0 Å². The number of carboxylic acid groups (broad SMARTS) is 1. The van der Waals surface area contributed by atoms with Crippen molar-refractivity contribution in [1.29, 1.82) is 0 Å². The fourth-order valence-electron chi connectivity index (χ4n) is 1.11. The van der Waals surface area contributed by atoms with Crippen molar-refractivity contribution in [2.24, 2.45) is 0 Å². The molecule has 1 heterocycles. The van der Waals surface area contributed by atoms with E-state index in [2.05, 4.69) is 15.6 Å². The highest BCUT2D eigenvalue weighted by atomic mass is 16.4. The molecular formula is C9H16N4O4. The summed E-state index contributed by atoms with van der Waals surface area (Å²) in [6, 6.07) is 0. The average molecular weight is 244 g/mol. The smallest absolute Gasteiger partial charge is 0.358 e. The zero-order valence-corrected chi connectivity index (χ0v) is 9.50. The first kappa shape index (κ1) is 13.6. The van der Waals surface area contributed by atoms with Crippen LogP contribution in [-0.2, 0) is 6.54 Å². The van der Waals surface area contributed by atoms with E-state index in [1.807, 2.05) is 0 Å². The van der Waals surface area contributed by atoms with E-state index in [9.17, 15) is 9.90 Å². The highest BCUT2D eigenvalue weighted by molar-refractivity contribution is 5.84. The predicted octanol–water partition coefficient (Wildman–Crippen LogP) is -1.69. The van der Waals surface area contributed by atoms with Crippen LogP contribution in [0.3, 0.4) is 0 Å². The van der Waals surface area contributed by atoms with E-state index in [0.717, 1.165) is 0 Å². The molecule has 0 aliphatic heterocycles. The fourth-order valence-corrected chi connectivity index (χ4v) is 1.11. The molecule has 0 fully saturated rings. The summed E-state index contributed by atoms with van der Waals surface area (Å²) in [5.74, 6) is -1.12. The van der Waals surface area contributed by atoms with Gasteiger partial charge in [0.05, 0.1) is 24.9 Å². The van der Waals surface area contributed by atoms with Crippen LogP contribution in [0.15, 0.2) is 6.20 Å². The molecule has 0 amide bonds. The van der Waals surface area contributed by atoms with Crippen molar-refractivity contribution in [2.45, 2.75) is 19.1 Å². The maximum Gasteiger partial charge on any atom is 0.358 e. The van der Waals surface area contributed by atoms with Gasteiger partial charge in [-0.15, -0.1) is 5.10 Å². The standard InChI is InChI=1S/C9H16N4O4/c1-9(17,6-14)5-10-2-3-13-4-7(8(15)16)11-12-13/h4,10,14,17H,2-3,5-6H2,1H3,(H,15,16). The van der Waals surface area contributed by atoms with Crippen LogP contribution in [0.1, 0.15) is 17.4 Å². The lowest BCUT2D eigenvalue weighted by Crippen LogP contribution is -2.41. The Bertz CT molecular complexity index is 377. The van der Waals surface area contributed by atoms with Gasteiger partial charge in [-0.1, -0.05) is 5.21 Å². The number of aliphatic hydroxyl groups excluding tert-OH is 1. The van der Waals surface area contributed by atoms with Gasteiger partial charge in [-0.05, 0) is 6.92 Å². The van der Waals surface area contributed by atoms with Crippen molar-refractivity contribution in [1.82, 2.24) is 20.3 Å². The number of aromatic nitrogens is 3. The number of rotatable bonds is 7. The van der Waals surface area contributed by atoms with E-state index in [0.29, 0.717) is 13.1 Å². The SMILES string of the molecule is CC(O)(CO)CNCCn1cc(C(=O)O)nn1. The number of nitrogens with zero attached hydrogens (tertiary/aromatic N) is 3. The van der Waals surface area contributed by atoms with Gasteiger partial charge in [0.15, 0.2) is 5.69 Å². The number of hydrogen-bond donors (Lipinski definition) is 4. The van der Waals surface area contributed by atoms with Crippen LogP contribution in [-0.4, -0.2) is 61.6 Å². The maximum atomic E-state index is 10.5. The average Bonchev–Trinajstić information content (AvgIpc) is 2.73. The van der Waals surface area contributed by atoms with E-state index in [4.69, 9.17) is 10.2 Å². The van der Waals surface area contributed by atoms with Crippen LogP contribution in [0.2, 0.25) is 0 Å². The Morgan fingerprint density at radius 3 is 2.88 bits per heavy atom. The van der Waals surface area contributed by atoms with Crippen molar-refractivity contribution in [3.8, 4) is 0 Å². The Morgan fingerprint density at radius 2 is 2.35 bits per heavy atom. The number of carboxylic acids is 1. The summed E-state index contributed by atoms with van der Waals surface area (Å²) in [5.41, 5.74) is -1.26. The highest BCUT2D eigenvalue weighted by Gasteiger charge is 2.17. The molecule has 1 rings (SSSR count). The van der Waals surface area contributed by atoms with Gasteiger partial charge < -0.3 is 20.6 Å². The van der Waals surface area contributed by atoms with Crippen LogP contribution in [0.4, 0.5) is 0 Å². The number of nitrogens with one attached hydrogen (secondary N) is 1. The molecule has 8 nitrogen and oxygen atoms in total. The Labute approximate surface area is 97.9 Å². The molecule has 1 aromatic rings. The molecular weight excluding hydrogens is 228 g/mol. The van der Waals surface area contributed by atoms with Crippen LogP contribution < -0.4 is 5.32 Å². The maximum absolute atomic E-state index is 10.5. The lowest BCUT2D eigenvalue weighted by molar-refractivity contribution is 0.00274. The molecule has 4 N–H and O–H groups in total. The third-order valence-corrected chi connectivity index (χ3v) is 2.12. The largest absolute Gasteiger partial charge is 0.476 e. The van der Waals surface area contributed by atoms with Crippen LogP contribution in [0.5, 0.6) is 0 Å². The lowest BCUT2D eigenvalue weighted by atomic mass is 10.1. The molecule has 8 heteroatoms.